The van der Waals surface area contributed by atoms with Crippen molar-refractivity contribution < 1.29 is 14.1 Å². The van der Waals surface area contributed by atoms with Gasteiger partial charge in [-0.2, -0.15) is 5.10 Å². The van der Waals surface area contributed by atoms with Crippen molar-refractivity contribution in [2.45, 2.75) is 20.4 Å². The molecule has 2 heterocycles. The average molecular weight is 361 g/mol. The van der Waals surface area contributed by atoms with Crippen molar-refractivity contribution >= 4 is 23.2 Å². The monoisotopic (exact) mass is 360 g/mol. The molecule has 7 nitrogen and oxygen atoms in total. The van der Waals surface area contributed by atoms with Gasteiger partial charge in [0.15, 0.2) is 5.69 Å². The van der Waals surface area contributed by atoms with Crippen LogP contribution in [0.5, 0.6) is 5.75 Å². The van der Waals surface area contributed by atoms with E-state index in [1.165, 1.54) is 6.20 Å². The van der Waals surface area contributed by atoms with Crippen molar-refractivity contribution in [1.29, 1.82) is 0 Å². The molecule has 3 rings (SSSR count). The zero-order chi connectivity index (χ0) is 17.8. The molecule has 8 heteroatoms. The highest BCUT2D eigenvalue weighted by atomic mass is 35.5. The molecule has 2 aromatic heterocycles. The van der Waals surface area contributed by atoms with Crippen molar-refractivity contribution in [3.63, 3.8) is 0 Å². The molecular weight excluding hydrogens is 344 g/mol. The summed E-state index contributed by atoms with van der Waals surface area (Å²) < 4.78 is 12.2. The third kappa shape index (κ3) is 4.00. The lowest BCUT2D eigenvalue weighted by atomic mass is 10.2. The number of hydrogen-bond donors (Lipinski definition) is 1. The van der Waals surface area contributed by atoms with Gasteiger partial charge in [0.05, 0.1) is 24.4 Å². The van der Waals surface area contributed by atoms with Gasteiger partial charge >= 0.3 is 0 Å². The van der Waals surface area contributed by atoms with Gasteiger partial charge in [0.25, 0.3) is 5.91 Å². The van der Waals surface area contributed by atoms with Crippen LogP contribution in [0.4, 0.5) is 5.69 Å². The van der Waals surface area contributed by atoms with Gasteiger partial charge < -0.3 is 14.6 Å². The predicted molar refractivity (Wildman–Crippen MR) is 93.1 cm³/mol. The van der Waals surface area contributed by atoms with E-state index in [1.807, 2.05) is 6.92 Å². The Morgan fingerprint density at radius 2 is 2.12 bits per heavy atom. The third-order valence-electron chi connectivity index (χ3n) is 3.54. The molecule has 25 heavy (non-hydrogen) atoms. The Morgan fingerprint density at radius 3 is 2.76 bits per heavy atom. The molecular formula is C17H17ClN4O3. The molecule has 130 valence electrons. The lowest BCUT2D eigenvalue weighted by Gasteiger charge is -2.07. The molecule has 0 fully saturated rings. The van der Waals surface area contributed by atoms with Gasteiger partial charge in [0.2, 0.25) is 0 Å². The zero-order valence-electron chi connectivity index (χ0n) is 13.8. The van der Waals surface area contributed by atoms with Crippen LogP contribution in [0.15, 0.2) is 41.2 Å². The summed E-state index contributed by atoms with van der Waals surface area (Å²) >= 11 is 5.87. The first kappa shape index (κ1) is 17.0. The maximum absolute atomic E-state index is 12.5. The molecule has 0 spiro atoms. The van der Waals surface area contributed by atoms with Gasteiger partial charge in [-0.05, 0) is 38.1 Å². The molecule has 3 aromatic rings. The molecule has 0 aliphatic heterocycles. The van der Waals surface area contributed by atoms with E-state index in [0.29, 0.717) is 35.2 Å². The molecule has 0 atom stereocenters. The van der Waals surface area contributed by atoms with Crippen molar-refractivity contribution in [3.05, 3.63) is 58.7 Å². The minimum atomic E-state index is -0.353. The number of anilines is 1. The molecule has 1 amide bonds. The first-order chi connectivity index (χ1) is 12.1. The number of aromatic nitrogens is 3. The summed E-state index contributed by atoms with van der Waals surface area (Å²) in [5, 5.41) is 11.3. The smallest absolute Gasteiger partial charge is 0.278 e. The van der Waals surface area contributed by atoms with E-state index in [2.05, 4.69) is 15.6 Å². The van der Waals surface area contributed by atoms with Crippen LogP contribution < -0.4 is 10.1 Å². The van der Waals surface area contributed by atoms with Crippen LogP contribution in [-0.2, 0) is 6.54 Å². The largest absolute Gasteiger partial charge is 0.494 e. The van der Waals surface area contributed by atoms with Crippen LogP contribution in [-0.4, -0.2) is 27.5 Å². The topological polar surface area (TPSA) is 82.2 Å². The molecule has 0 unspecified atom stereocenters. The number of carbonyl (C=O) groups is 1. The van der Waals surface area contributed by atoms with Gasteiger partial charge in [-0.1, -0.05) is 16.8 Å². The van der Waals surface area contributed by atoms with E-state index in [4.69, 9.17) is 20.9 Å². The van der Waals surface area contributed by atoms with Crippen LogP contribution in [0, 0.1) is 6.92 Å². The lowest BCUT2D eigenvalue weighted by Crippen LogP contribution is -2.16. The highest BCUT2D eigenvalue weighted by Crippen LogP contribution is 2.19. The number of benzene rings is 1. The van der Waals surface area contributed by atoms with E-state index in [9.17, 15) is 4.79 Å². The van der Waals surface area contributed by atoms with Crippen LogP contribution in [0.25, 0.3) is 0 Å². The molecule has 0 aliphatic carbocycles. The Balaban J connectivity index is 1.76. The van der Waals surface area contributed by atoms with E-state index in [1.54, 1.807) is 42.1 Å². The summed E-state index contributed by atoms with van der Waals surface area (Å²) in [7, 11) is 0. The number of nitrogens with one attached hydrogen (secondary N) is 1. The van der Waals surface area contributed by atoms with E-state index >= 15 is 0 Å². The number of aryl methyl sites for hydroxylation is 1. The van der Waals surface area contributed by atoms with Gasteiger partial charge in [0.1, 0.15) is 11.5 Å². The summed E-state index contributed by atoms with van der Waals surface area (Å²) in [6.45, 7) is 4.59. The summed E-state index contributed by atoms with van der Waals surface area (Å²) in [6, 6.07) is 7.12. The molecule has 0 saturated carbocycles. The number of halogens is 1. The van der Waals surface area contributed by atoms with E-state index < -0.39 is 0 Å². The predicted octanol–water partition coefficient (Wildman–Crippen LogP) is 3.53. The average Bonchev–Trinajstić information content (AvgIpc) is 3.16. The number of ether oxygens (including phenoxy) is 1. The second-order valence-electron chi connectivity index (χ2n) is 5.33. The Bertz CT molecular complexity index is 870. The third-order valence-corrected chi connectivity index (χ3v) is 3.74. The Kier molecular flexibility index (Phi) is 5.04. The number of amides is 1. The first-order valence-electron chi connectivity index (χ1n) is 7.74. The molecule has 1 N–H and O–H groups in total. The van der Waals surface area contributed by atoms with Crippen molar-refractivity contribution in [2.75, 3.05) is 11.9 Å². The van der Waals surface area contributed by atoms with Crippen LogP contribution in [0.2, 0.25) is 5.02 Å². The summed E-state index contributed by atoms with van der Waals surface area (Å²) in [4.78, 5) is 12.5. The highest BCUT2D eigenvalue weighted by Gasteiger charge is 2.20. The molecule has 0 aliphatic rings. The molecule has 0 bridgehead atoms. The van der Waals surface area contributed by atoms with Gasteiger partial charge in [-0.25, -0.2) is 0 Å². The number of hydrogen-bond acceptors (Lipinski definition) is 5. The van der Waals surface area contributed by atoms with Crippen LogP contribution in [0.1, 0.15) is 28.7 Å². The van der Waals surface area contributed by atoms with Crippen LogP contribution in [0.3, 0.4) is 0 Å². The zero-order valence-corrected chi connectivity index (χ0v) is 14.6. The second kappa shape index (κ2) is 7.40. The Morgan fingerprint density at radius 1 is 1.36 bits per heavy atom. The van der Waals surface area contributed by atoms with Gasteiger partial charge in [-0.3, -0.25) is 9.48 Å². The Hall–Kier alpha value is -2.80. The molecule has 0 radical (unpaired) electrons. The fourth-order valence-electron chi connectivity index (χ4n) is 2.33. The van der Waals surface area contributed by atoms with Gasteiger partial charge in [0, 0.05) is 17.4 Å². The molecule has 0 saturated heterocycles. The quantitative estimate of drug-likeness (QED) is 0.727. The standard InChI is InChI=1S/C17H17ClN4O3/c1-3-24-14-6-4-13(5-7-14)20-17(23)16-15(11(2)25-21-16)10-22-9-12(18)8-19-22/h4-9H,3,10H2,1-2H3,(H,20,23). The normalized spacial score (nSPS) is 10.7. The summed E-state index contributed by atoms with van der Waals surface area (Å²) in [5.74, 6) is 0.951. The number of carbonyl (C=O) groups excluding carboxylic acids is 1. The number of nitrogens with zero attached hydrogens (tertiary/aromatic N) is 3. The first-order valence-corrected chi connectivity index (χ1v) is 8.12. The second-order valence-corrected chi connectivity index (χ2v) is 5.77. The van der Waals surface area contributed by atoms with Crippen LogP contribution >= 0.6 is 11.6 Å². The fraction of sp³-hybridized carbons (Fsp3) is 0.235. The summed E-state index contributed by atoms with van der Waals surface area (Å²) in [5.41, 5.74) is 1.52. The fourth-order valence-corrected chi connectivity index (χ4v) is 2.49. The maximum atomic E-state index is 12.5. The van der Waals surface area contributed by atoms with Crippen molar-refractivity contribution in [2.24, 2.45) is 0 Å². The van der Waals surface area contributed by atoms with Crippen molar-refractivity contribution in [1.82, 2.24) is 14.9 Å². The maximum Gasteiger partial charge on any atom is 0.278 e. The minimum Gasteiger partial charge on any atom is -0.494 e. The summed E-state index contributed by atoms with van der Waals surface area (Å²) in [6.07, 6.45) is 3.20. The highest BCUT2D eigenvalue weighted by molar-refractivity contribution is 6.30. The Labute approximate surface area is 149 Å². The van der Waals surface area contributed by atoms with E-state index in [-0.39, 0.29) is 11.6 Å². The van der Waals surface area contributed by atoms with E-state index in [0.717, 1.165) is 5.75 Å². The van der Waals surface area contributed by atoms with Gasteiger partial charge in [-0.15, -0.1) is 0 Å². The minimum absolute atomic E-state index is 0.220. The molecule has 1 aromatic carbocycles. The SMILES string of the molecule is CCOc1ccc(NC(=O)c2noc(C)c2Cn2cc(Cl)cn2)cc1. The lowest BCUT2D eigenvalue weighted by molar-refractivity contribution is 0.101. The number of rotatable bonds is 6. The van der Waals surface area contributed by atoms with Crippen molar-refractivity contribution in [3.8, 4) is 5.75 Å².